The Bertz CT molecular complexity index is 478. The maximum atomic E-state index is 12.1. The zero-order valence-corrected chi connectivity index (χ0v) is 10.7. The molecule has 3 atom stereocenters. The van der Waals surface area contributed by atoms with Gasteiger partial charge in [-0.15, -0.1) is 0 Å². The normalized spacial score (nSPS) is 37.1. The van der Waals surface area contributed by atoms with E-state index in [2.05, 4.69) is 0 Å². The molecule has 1 N–H and O–H groups in total. The molecule has 0 saturated heterocycles. The summed E-state index contributed by atoms with van der Waals surface area (Å²) < 4.78 is 31.9. The van der Waals surface area contributed by atoms with Crippen molar-refractivity contribution in [1.29, 1.82) is 0 Å². The van der Waals surface area contributed by atoms with E-state index in [1.807, 2.05) is 13.8 Å². The summed E-state index contributed by atoms with van der Waals surface area (Å²) in [6, 6.07) is 0. The Morgan fingerprint density at radius 2 is 2.06 bits per heavy atom. The molecule has 0 radical (unpaired) electrons. The van der Waals surface area contributed by atoms with Gasteiger partial charge in [-0.1, -0.05) is 13.8 Å². The van der Waals surface area contributed by atoms with E-state index < -0.39 is 26.2 Å². The second-order valence-corrected chi connectivity index (χ2v) is 7.17. The van der Waals surface area contributed by atoms with Gasteiger partial charge in [0.2, 0.25) is 0 Å². The van der Waals surface area contributed by atoms with Crippen LogP contribution in [0.25, 0.3) is 0 Å². The molecule has 17 heavy (non-hydrogen) atoms. The first kappa shape index (κ1) is 12.7. The monoisotopic (exact) mass is 260 g/mol. The van der Waals surface area contributed by atoms with Crippen LogP contribution in [-0.2, 0) is 19.7 Å². The molecule has 2 aliphatic rings. The highest BCUT2D eigenvalue weighted by molar-refractivity contribution is 7.87. The summed E-state index contributed by atoms with van der Waals surface area (Å²) in [7, 11) is -4.54. The summed E-state index contributed by atoms with van der Waals surface area (Å²) in [5.41, 5.74) is -1.78. The van der Waals surface area contributed by atoms with Gasteiger partial charge >= 0.3 is 0 Å². The quantitative estimate of drug-likeness (QED) is 0.600. The van der Waals surface area contributed by atoms with E-state index in [-0.39, 0.29) is 18.0 Å². The third-order valence-electron chi connectivity index (χ3n) is 4.92. The van der Waals surface area contributed by atoms with E-state index in [1.54, 1.807) is 0 Å². The third-order valence-corrected chi connectivity index (χ3v) is 6.07. The van der Waals surface area contributed by atoms with Crippen LogP contribution in [0.4, 0.5) is 0 Å². The highest BCUT2D eigenvalue weighted by Crippen LogP contribution is 2.65. The Morgan fingerprint density at radius 1 is 1.47 bits per heavy atom. The van der Waals surface area contributed by atoms with Gasteiger partial charge in [0.1, 0.15) is 12.1 Å². The summed E-state index contributed by atoms with van der Waals surface area (Å²) in [6.45, 7) is 3.63. The van der Waals surface area contributed by atoms with Crippen LogP contribution in [0.15, 0.2) is 0 Å². The van der Waals surface area contributed by atoms with Gasteiger partial charge < -0.3 is 4.79 Å². The Hall–Kier alpha value is -0.750. The van der Waals surface area contributed by atoms with Crippen molar-refractivity contribution in [2.75, 3.05) is 0 Å². The summed E-state index contributed by atoms with van der Waals surface area (Å²) in [5, 5.41) is -1.62. The molecular weight excluding hydrogens is 244 g/mol. The second-order valence-electron chi connectivity index (χ2n) is 5.63. The van der Waals surface area contributed by atoms with Crippen LogP contribution < -0.4 is 0 Å². The summed E-state index contributed by atoms with van der Waals surface area (Å²) in [6.07, 6.45) is 1.63. The molecular formula is C11H16O5S. The fourth-order valence-electron chi connectivity index (χ4n) is 3.82. The molecule has 0 spiro atoms. The van der Waals surface area contributed by atoms with Gasteiger partial charge in [0.25, 0.3) is 10.1 Å². The van der Waals surface area contributed by atoms with E-state index in [0.717, 1.165) is 6.42 Å². The molecule has 2 rings (SSSR count). The molecule has 2 aliphatic carbocycles. The van der Waals surface area contributed by atoms with Crippen molar-refractivity contribution in [2.45, 2.75) is 38.4 Å². The van der Waals surface area contributed by atoms with Crippen LogP contribution >= 0.6 is 0 Å². The van der Waals surface area contributed by atoms with Crippen molar-refractivity contribution in [3.63, 3.8) is 0 Å². The van der Waals surface area contributed by atoms with E-state index >= 15 is 0 Å². The molecule has 0 aromatic rings. The number of Topliss-reactive ketones (excluding diaryl/α,β-unsaturated/α-hetero) is 1. The second kappa shape index (κ2) is 3.38. The topological polar surface area (TPSA) is 88.5 Å². The van der Waals surface area contributed by atoms with Gasteiger partial charge in [-0.25, -0.2) is 0 Å². The van der Waals surface area contributed by atoms with Crippen molar-refractivity contribution in [3.8, 4) is 0 Å². The fourth-order valence-corrected chi connectivity index (χ4v) is 5.02. The lowest BCUT2D eigenvalue weighted by Crippen LogP contribution is -2.50. The van der Waals surface area contributed by atoms with Gasteiger partial charge in [-0.3, -0.25) is 9.35 Å². The van der Waals surface area contributed by atoms with Gasteiger partial charge in [0.05, 0.1) is 5.41 Å². The largest absolute Gasteiger partial charge is 0.302 e. The molecule has 0 heterocycles. The van der Waals surface area contributed by atoms with Gasteiger partial charge in [0, 0.05) is 6.42 Å². The van der Waals surface area contributed by atoms with Crippen molar-refractivity contribution >= 4 is 22.2 Å². The molecule has 6 heteroatoms. The average molecular weight is 260 g/mol. The fraction of sp³-hybridized carbons (Fsp3) is 0.818. The minimum Gasteiger partial charge on any atom is -0.302 e. The number of hydrogen-bond donors (Lipinski definition) is 1. The number of carbonyl (C=O) groups is 2. The van der Waals surface area contributed by atoms with E-state index in [9.17, 15) is 22.6 Å². The van der Waals surface area contributed by atoms with Crippen LogP contribution in [0, 0.1) is 16.7 Å². The van der Waals surface area contributed by atoms with E-state index in [4.69, 9.17) is 0 Å². The molecule has 5 nitrogen and oxygen atoms in total. The minimum atomic E-state index is -4.54. The lowest BCUT2D eigenvalue weighted by atomic mass is 9.67. The Balaban J connectivity index is 2.62. The maximum absolute atomic E-state index is 12.1. The Morgan fingerprint density at radius 3 is 2.35 bits per heavy atom. The molecule has 0 aliphatic heterocycles. The predicted octanol–water partition coefficient (Wildman–Crippen LogP) is 0.837. The predicted molar refractivity (Wildman–Crippen MR) is 60.0 cm³/mol. The van der Waals surface area contributed by atoms with Gasteiger partial charge in [-0.2, -0.15) is 8.42 Å². The first-order chi connectivity index (χ1) is 7.68. The van der Waals surface area contributed by atoms with Crippen molar-refractivity contribution in [2.24, 2.45) is 16.7 Å². The third kappa shape index (κ3) is 1.37. The summed E-state index contributed by atoms with van der Waals surface area (Å²) >= 11 is 0. The number of hydrogen-bond acceptors (Lipinski definition) is 4. The van der Waals surface area contributed by atoms with Crippen LogP contribution in [0.2, 0.25) is 0 Å². The minimum absolute atomic E-state index is 0.110. The molecule has 0 aromatic heterocycles. The van der Waals surface area contributed by atoms with Crippen LogP contribution in [-0.4, -0.2) is 30.3 Å². The van der Waals surface area contributed by atoms with Crippen molar-refractivity contribution in [1.82, 2.24) is 0 Å². The van der Waals surface area contributed by atoms with E-state index in [0.29, 0.717) is 12.8 Å². The highest BCUT2D eigenvalue weighted by Gasteiger charge is 2.69. The Kier molecular flexibility index (Phi) is 2.53. The Labute approximate surface area is 100 Å². The zero-order chi connectivity index (χ0) is 13.1. The van der Waals surface area contributed by atoms with E-state index in [1.165, 1.54) is 0 Å². The molecule has 2 saturated carbocycles. The van der Waals surface area contributed by atoms with Crippen LogP contribution in [0.3, 0.4) is 0 Å². The SMILES string of the molecule is CC1(C)C2CCC1(C(C=O)S(=O)(=O)O)C(=O)C2. The number of fused-ring (bicyclic) bond motifs is 2. The average Bonchev–Trinajstić information content (AvgIpc) is 2.50. The maximum Gasteiger partial charge on any atom is 0.275 e. The number of ketones is 1. The molecule has 0 amide bonds. The summed E-state index contributed by atoms with van der Waals surface area (Å²) in [5.74, 6) is -0.0901. The van der Waals surface area contributed by atoms with Crippen molar-refractivity contribution in [3.05, 3.63) is 0 Å². The number of rotatable bonds is 3. The zero-order valence-electron chi connectivity index (χ0n) is 9.84. The first-order valence-corrected chi connectivity index (χ1v) is 7.13. The molecule has 2 fully saturated rings. The standard InChI is InChI=1S/C11H16O5S/c1-10(2)7-3-4-11(10,8(13)5-7)9(6-12)17(14,15)16/h6-7,9H,3-5H2,1-2H3,(H,14,15,16). The lowest BCUT2D eigenvalue weighted by Gasteiger charge is -2.38. The van der Waals surface area contributed by atoms with Gasteiger partial charge in [-0.05, 0) is 24.2 Å². The van der Waals surface area contributed by atoms with Crippen LogP contribution in [0.5, 0.6) is 0 Å². The molecule has 3 unspecified atom stereocenters. The highest BCUT2D eigenvalue weighted by atomic mass is 32.2. The van der Waals surface area contributed by atoms with Crippen LogP contribution in [0.1, 0.15) is 33.1 Å². The molecule has 2 bridgehead atoms. The van der Waals surface area contributed by atoms with Crippen molar-refractivity contribution < 1.29 is 22.6 Å². The lowest BCUT2D eigenvalue weighted by molar-refractivity contribution is -0.132. The first-order valence-electron chi connectivity index (χ1n) is 5.63. The molecule has 0 aromatic carbocycles. The molecule has 96 valence electrons. The number of carbonyl (C=O) groups excluding carboxylic acids is 2. The number of aldehydes is 1. The summed E-state index contributed by atoms with van der Waals surface area (Å²) in [4.78, 5) is 23.1. The smallest absolute Gasteiger partial charge is 0.275 e. The van der Waals surface area contributed by atoms with Gasteiger partial charge in [0.15, 0.2) is 5.25 Å².